The molecule has 0 spiro atoms. The van der Waals surface area contributed by atoms with E-state index in [-0.39, 0.29) is 5.41 Å². The van der Waals surface area contributed by atoms with Gasteiger partial charge in [0.25, 0.3) is 0 Å². The first-order valence-corrected chi connectivity index (χ1v) is 10.2. The van der Waals surface area contributed by atoms with E-state index in [9.17, 15) is 0 Å². The quantitative estimate of drug-likeness (QED) is 0.297. The van der Waals surface area contributed by atoms with Crippen molar-refractivity contribution in [1.82, 2.24) is 4.57 Å². The standard InChI is InChI=1S/C28H25N/c1-28(2,3)27-19-22-14-8-10-16-25(22)29(27)26-18-23(20-11-5-4-6-12-20)17-21-13-7-9-15-24(21)26/h4-19H,1-3H3/i27+1. The second-order valence-corrected chi connectivity index (χ2v) is 8.76. The van der Waals surface area contributed by atoms with Gasteiger partial charge in [-0.15, -0.1) is 0 Å². The lowest BCUT2D eigenvalue weighted by molar-refractivity contribution is 0.560. The molecule has 0 aliphatic carbocycles. The molecular weight excluding hydrogens is 351 g/mol. The number of para-hydroxylation sites is 1. The topological polar surface area (TPSA) is 4.93 Å². The monoisotopic (exact) mass is 376 g/mol. The molecule has 0 aliphatic heterocycles. The fourth-order valence-corrected chi connectivity index (χ4v) is 4.24. The summed E-state index contributed by atoms with van der Waals surface area (Å²) in [6, 6.07) is 35.1. The molecule has 0 radical (unpaired) electrons. The number of hydrogen-bond donors (Lipinski definition) is 0. The normalized spacial score (nSPS) is 12.0. The highest BCUT2D eigenvalue weighted by Crippen LogP contribution is 2.37. The average molecular weight is 377 g/mol. The van der Waals surface area contributed by atoms with E-state index in [0.717, 1.165) is 0 Å². The lowest BCUT2D eigenvalue weighted by Gasteiger charge is -2.24. The molecule has 1 heterocycles. The van der Waals surface area contributed by atoms with Crippen LogP contribution in [0.3, 0.4) is 0 Å². The fourth-order valence-electron chi connectivity index (χ4n) is 4.24. The maximum atomic E-state index is 2.46. The number of hydrogen-bond acceptors (Lipinski definition) is 0. The maximum absolute atomic E-state index is 2.46. The van der Waals surface area contributed by atoms with E-state index in [2.05, 4.69) is 122 Å². The molecule has 1 nitrogen and oxygen atoms in total. The number of nitrogens with zero attached hydrogens (tertiary/aromatic N) is 1. The summed E-state index contributed by atoms with van der Waals surface area (Å²) in [6.45, 7) is 6.88. The lowest BCUT2D eigenvalue weighted by atomic mass is 9.99. The summed E-state index contributed by atoms with van der Waals surface area (Å²) in [5, 5.41) is 3.83. The zero-order chi connectivity index (χ0) is 20.0. The van der Waals surface area contributed by atoms with Crippen molar-refractivity contribution in [2.75, 3.05) is 0 Å². The van der Waals surface area contributed by atoms with E-state index in [0.29, 0.717) is 0 Å². The van der Waals surface area contributed by atoms with Gasteiger partial charge in [-0.3, -0.25) is 0 Å². The summed E-state index contributed by atoms with van der Waals surface area (Å²) in [7, 11) is 0. The zero-order valence-electron chi connectivity index (χ0n) is 17.2. The molecule has 142 valence electrons. The predicted octanol–water partition coefficient (Wildman–Crippen LogP) is 7.75. The van der Waals surface area contributed by atoms with E-state index in [1.54, 1.807) is 0 Å². The highest BCUT2D eigenvalue weighted by Gasteiger charge is 2.23. The van der Waals surface area contributed by atoms with E-state index in [4.69, 9.17) is 0 Å². The second kappa shape index (κ2) is 6.63. The molecule has 1 heteroatoms. The van der Waals surface area contributed by atoms with Crippen molar-refractivity contribution in [3.8, 4) is 16.8 Å². The molecule has 1 aromatic heterocycles. The molecule has 0 atom stereocenters. The summed E-state index contributed by atoms with van der Waals surface area (Å²) in [6.07, 6.45) is 0. The largest absolute Gasteiger partial charge is 0.312 e. The summed E-state index contributed by atoms with van der Waals surface area (Å²) in [4.78, 5) is 0. The van der Waals surface area contributed by atoms with Crippen molar-refractivity contribution < 1.29 is 0 Å². The second-order valence-electron chi connectivity index (χ2n) is 8.76. The van der Waals surface area contributed by atoms with Crippen LogP contribution in [-0.4, -0.2) is 4.57 Å². The van der Waals surface area contributed by atoms with Gasteiger partial charge in [0.1, 0.15) is 0 Å². The average Bonchev–Trinajstić information content (AvgIpc) is 3.14. The Morgan fingerprint density at radius 1 is 0.586 bits per heavy atom. The molecule has 0 amide bonds. The lowest BCUT2D eigenvalue weighted by Crippen LogP contribution is -2.16. The van der Waals surface area contributed by atoms with Crippen LogP contribution in [0.15, 0.2) is 97.1 Å². The van der Waals surface area contributed by atoms with Crippen LogP contribution in [-0.2, 0) is 5.41 Å². The number of fused-ring (bicyclic) bond motifs is 2. The maximum Gasteiger partial charge on any atom is 0.0543 e. The van der Waals surface area contributed by atoms with Crippen LogP contribution >= 0.6 is 0 Å². The van der Waals surface area contributed by atoms with Crippen LogP contribution in [0.2, 0.25) is 0 Å². The zero-order valence-corrected chi connectivity index (χ0v) is 17.2. The smallest absolute Gasteiger partial charge is 0.0543 e. The van der Waals surface area contributed by atoms with E-state index in [1.165, 1.54) is 44.2 Å². The van der Waals surface area contributed by atoms with Crippen LogP contribution in [0, 0.1) is 0 Å². The molecule has 5 aromatic rings. The summed E-state index contributed by atoms with van der Waals surface area (Å²) in [5.74, 6) is 0. The molecule has 0 saturated carbocycles. The molecule has 0 unspecified atom stereocenters. The highest BCUT2D eigenvalue weighted by molar-refractivity contribution is 5.97. The molecule has 0 fully saturated rings. The van der Waals surface area contributed by atoms with Gasteiger partial charge in [-0.25, -0.2) is 0 Å². The van der Waals surface area contributed by atoms with Gasteiger partial charge in [-0.2, -0.15) is 0 Å². The fraction of sp³-hybridized carbons (Fsp3) is 0.143. The number of benzene rings is 4. The SMILES string of the molecule is CC(C)(C)[13c]1cc2ccccc2n1-c1cc(-c2ccccc2)cc2ccccc12. The molecule has 5 rings (SSSR count). The van der Waals surface area contributed by atoms with Crippen molar-refractivity contribution in [3.63, 3.8) is 0 Å². The Balaban J connectivity index is 1.91. The third kappa shape index (κ3) is 3.03. The third-order valence-corrected chi connectivity index (χ3v) is 5.67. The van der Waals surface area contributed by atoms with Gasteiger partial charge < -0.3 is 4.57 Å². The minimum atomic E-state index is 0.0306. The van der Waals surface area contributed by atoms with Crippen molar-refractivity contribution >= 4 is 21.7 Å². The number of aromatic nitrogens is 1. The first-order valence-electron chi connectivity index (χ1n) is 10.2. The van der Waals surface area contributed by atoms with Gasteiger partial charge in [0.05, 0.1) is 11.2 Å². The molecule has 0 aliphatic rings. The summed E-state index contributed by atoms with van der Waals surface area (Å²) in [5.41, 5.74) is 6.35. The molecule has 29 heavy (non-hydrogen) atoms. The Kier molecular flexibility index (Phi) is 4.06. The van der Waals surface area contributed by atoms with Crippen LogP contribution in [0.25, 0.3) is 38.5 Å². The van der Waals surface area contributed by atoms with E-state index < -0.39 is 0 Å². The van der Waals surface area contributed by atoms with Crippen LogP contribution in [0.5, 0.6) is 0 Å². The molecule has 4 aromatic carbocycles. The number of rotatable bonds is 2. The molecular formula is C28H25N. The van der Waals surface area contributed by atoms with Gasteiger partial charge >= 0.3 is 0 Å². The summed E-state index contributed by atoms with van der Waals surface area (Å²) >= 11 is 0. The minimum absolute atomic E-state index is 0.0306. The van der Waals surface area contributed by atoms with Crippen LogP contribution in [0.4, 0.5) is 0 Å². The molecule has 0 N–H and O–H groups in total. The van der Waals surface area contributed by atoms with Gasteiger partial charge in [0.15, 0.2) is 0 Å². The first-order chi connectivity index (χ1) is 14.0. The van der Waals surface area contributed by atoms with E-state index >= 15 is 0 Å². The van der Waals surface area contributed by atoms with Crippen molar-refractivity contribution in [2.24, 2.45) is 0 Å². The van der Waals surface area contributed by atoms with Gasteiger partial charge in [-0.1, -0.05) is 93.6 Å². The van der Waals surface area contributed by atoms with Crippen LogP contribution < -0.4 is 0 Å². The van der Waals surface area contributed by atoms with Crippen LogP contribution in [0.1, 0.15) is 26.5 Å². The Morgan fingerprint density at radius 3 is 2.00 bits per heavy atom. The Labute approximate surface area is 172 Å². The van der Waals surface area contributed by atoms with Crippen molar-refractivity contribution in [3.05, 3.63) is 103 Å². The van der Waals surface area contributed by atoms with Gasteiger partial charge in [0.2, 0.25) is 0 Å². The third-order valence-electron chi connectivity index (χ3n) is 5.67. The van der Waals surface area contributed by atoms with Crippen molar-refractivity contribution in [2.45, 2.75) is 26.2 Å². The summed E-state index contributed by atoms with van der Waals surface area (Å²) < 4.78 is 2.46. The molecule has 0 saturated heterocycles. The minimum Gasteiger partial charge on any atom is -0.312 e. The Morgan fingerprint density at radius 2 is 1.24 bits per heavy atom. The first kappa shape index (κ1) is 17.8. The van der Waals surface area contributed by atoms with Gasteiger partial charge in [-0.05, 0) is 40.8 Å². The predicted molar refractivity (Wildman–Crippen MR) is 125 cm³/mol. The van der Waals surface area contributed by atoms with Gasteiger partial charge in [0, 0.05) is 21.9 Å². The van der Waals surface area contributed by atoms with Crippen molar-refractivity contribution in [1.29, 1.82) is 0 Å². The highest BCUT2D eigenvalue weighted by atomic mass is 15.1. The Bertz CT molecular complexity index is 1320. The Hall–Kier alpha value is -3.32. The molecule has 0 bridgehead atoms. The van der Waals surface area contributed by atoms with E-state index in [1.807, 2.05) is 0 Å².